The van der Waals surface area contributed by atoms with Crippen LogP contribution >= 0.6 is 0 Å². The molecule has 0 atom stereocenters. The number of carbonyl (C=O) groups is 1. The third-order valence-corrected chi connectivity index (χ3v) is 3.45. The highest BCUT2D eigenvalue weighted by Crippen LogP contribution is 2.36. The van der Waals surface area contributed by atoms with E-state index in [1.807, 2.05) is 39.7 Å². The molecule has 0 aromatic rings. The Morgan fingerprint density at radius 1 is 1.26 bits per heavy atom. The van der Waals surface area contributed by atoms with E-state index >= 15 is 0 Å². The van der Waals surface area contributed by atoms with E-state index in [0.717, 1.165) is 12.8 Å². The fourth-order valence-electron chi connectivity index (χ4n) is 1.64. The minimum Gasteiger partial charge on any atom is -0.480 e. The van der Waals surface area contributed by atoms with Crippen LogP contribution in [0.1, 0.15) is 40.5 Å². The molecule has 0 saturated carbocycles. The van der Waals surface area contributed by atoms with E-state index in [0.29, 0.717) is 6.61 Å². The van der Waals surface area contributed by atoms with Gasteiger partial charge >= 0.3 is 13.1 Å². The van der Waals surface area contributed by atoms with Crippen LogP contribution in [0.2, 0.25) is 0 Å². The van der Waals surface area contributed by atoms with E-state index in [1.54, 1.807) is 0 Å². The molecule has 1 aliphatic heterocycles. The molecule has 1 aliphatic rings. The average Bonchev–Trinajstić information content (AvgIpc) is 2.45. The molecule has 6 heteroatoms. The van der Waals surface area contributed by atoms with E-state index in [4.69, 9.17) is 19.2 Å². The molecule has 1 fully saturated rings. The van der Waals surface area contributed by atoms with Gasteiger partial charge in [-0.05, 0) is 40.5 Å². The zero-order valence-corrected chi connectivity index (χ0v) is 12.1. The van der Waals surface area contributed by atoms with Crippen molar-refractivity contribution >= 4 is 13.1 Å². The average molecular weight is 270 g/mol. The molecule has 0 radical (unpaired) electrons. The SMILES string of the molecule is CC1(C)OB(/C=C/CCCOCC(=O)O)OC1(C)C. The number of hydrogen-bond acceptors (Lipinski definition) is 4. The van der Waals surface area contributed by atoms with Gasteiger partial charge in [0, 0.05) is 6.61 Å². The van der Waals surface area contributed by atoms with Crippen molar-refractivity contribution in [1.29, 1.82) is 0 Å². The third-order valence-electron chi connectivity index (χ3n) is 3.45. The van der Waals surface area contributed by atoms with E-state index in [9.17, 15) is 4.79 Å². The summed E-state index contributed by atoms with van der Waals surface area (Å²) < 4.78 is 16.5. The molecule has 1 saturated heterocycles. The predicted octanol–water partition coefficient (Wildman–Crippen LogP) is 2.06. The second-order valence-electron chi connectivity index (χ2n) is 5.64. The Morgan fingerprint density at radius 2 is 1.84 bits per heavy atom. The van der Waals surface area contributed by atoms with E-state index in [-0.39, 0.29) is 24.9 Å². The lowest BCUT2D eigenvalue weighted by Crippen LogP contribution is -2.41. The van der Waals surface area contributed by atoms with Crippen molar-refractivity contribution in [3.63, 3.8) is 0 Å². The lowest BCUT2D eigenvalue weighted by molar-refractivity contribution is -0.142. The molecule has 1 rings (SSSR count). The maximum Gasteiger partial charge on any atom is 0.486 e. The van der Waals surface area contributed by atoms with Crippen molar-refractivity contribution in [1.82, 2.24) is 0 Å². The number of ether oxygens (including phenoxy) is 1. The first kappa shape index (κ1) is 16.2. The van der Waals surface area contributed by atoms with Crippen molar-refractivity contribution < 1.29 is 23.9 Å². The van der Waals surface area contributed by atoms with Crippen molar-refractivity contribution in [2.75, 3.05) is 13.2 Å². The summed E-state index contributed by atoms with van der Waals surface area (Å²) in [7, 11) is -0.315. The first-order valence-electron chi connectivity index (χ1n) is 6.56. The van der Waals surface area contributed by atoms with Crippen LogP contribution < -0.4 is 0 Å². The molecule has 0 aromatic carbocycles. The third kappa shape index (κ3) is 4.97. The van der Waals surface area contributed by atoms with E-state index in [2.05, 4.69) is 0 Å². The van der Waals surface area contributed by atoms with Gasteiger partial charge in [-0.3, -0.25) is 0 Å². The molecule has 108 valence electrons. The number of carboxylic acid groups (broad SMARTS) is 1. The fraction of sp³-hybridized carbons (Fsp3) is 0.769. The Morgan fingerprint density at radius 3 is 2.37 bits per heavy atom. The summed E-state index contributed by atoms with van der Waals surface area (Å²) in [5.41, 5.74) is -0.626. The minimum absolute atomic E-state index is 0.235. The highest BCUT2D eigenvalue weighted by Gasteiger charge is 2.49. The Balaban J connectivity index is 2.19. The summed E-state index contributed by atoms with van der Waals surface area (Å²) in [6.45, 7) is 8.27. The summed E-state index contributed by atoms with van der Waals surface area (Å²) in [6, 6.07) is 0. The number of unbranched alkanes of at least 4 members (excludes halogenated alkanes) is 1. The summed E-state index contributed by atoms with van der Waals surface area (Å²) >= 11 is 0. The Hall–Kier alpha value is -0.845. The fourth-order valence-corrected chi connectivity index (χ4v) is 1.64. The first-order valence-corrected chi connectivity index (χ1v) is 6.56. The van der Waals surface area contributed by atoms with Gasteiger partial charge < -0.3 is 19.2 Å². The van der Waals surface area contributed by atoms with Gasteiger partial charge in [-0.1, -0.05) is 12.1 Å². The molecular weight excluding hydrogens is 247 g/mol. The number of hydrogen-bond donors (Lipinski definition) is 1. The summed E-state index contributed by atoms with van der Waals surface area (Å²) in [4.78, 5) is 10.2. The summed E-state index contributed by atoms with van der Waals surface area (Å²) in [6.07, 6.45) is 3.57. The zero-order chi connectivity index (χ0) is 14.5. The van der Waals surface area contributed by atoms with Gasteiger partial charge in [-0.25, -0.2) is 4.79 Å². The zero-order valence-electron chi connectivity index (χ0n) is 12.1. The lowest BCUT2D eigenvalue weighted by Gasteiger charge is -2.32. The second kappa shape index (κ2) is 6.54. The second-order valence-corrected chi connectivity index (χ2v) is 5.64. The Labute approximate surface area is 115 Å². The molecule has 0 aliphatic carbocycles. The van der Waals surface area contributed by atoms with Crippen LogP contribution in [0.15, 0.2) is 12.1 Å². The van der Waals surface area contributed by atoms with E-state index in [1.165, 1.54) is 0 Å². The summed E-state index contributed by atoms with van der Waals surface area (Å²) in [5.74, 6) is 0.959. The minimum atomic E-state index is -0.937. The number of rotatable bonds is 7. The molecule has 0 unspecified atom stereocenters. The molecular formula is C13H23BO5. The maximum atomic E-state index is 10.2. The molecule has 0 spiro atoms. The van der Waals surface area contributed by atoms with Gasteiger partial charge in [-0.15, -0.1) is 0 Å². The topological polar surface area (TPSA) is 65.0 Å². The number of aliphatic carboxylic acids is 1. The molecule has 1 N–H and O–H groups in total. The van der Waals surface area contributed by atoms with Gasteiger partial charge in [0.25, 0.3) is 0 Å². The van der Waals surface area contributed by atoms with Crippen molar-refractivity contribution in [3.8, 4) is 0 Å². The Bertz CT molecular complexity index is 322. The first-order chi connectivity index (χ1) is 8.74. The normalized spacial score (nSPS) is 21.2. The highest BCUT2D eigenvalue weighted by atomic mass is 16.7. The number of allylic oxidation sites excluding steroid dienone is 1. The smallest absolute Gasteiger partial charge is 0.480 e. The van der Waals surface area contributed by atoms with Crippen LogP contribution in [0.4, 0.5) is 0 Å². The maximum absolute atomic E-state index is 10.2. The van der Waals surface area contributed by atoms with Crippen LogP contribution in [0.3, 0.4) is 0 Å². The monoisotopic (exact) mass is 270 g/mol. The van der Waals surface area contributed by atoms with Crippen molar-refractivity contribution in [2.45, 2.75) is 51.7 Å². The van der Waals surface area contributed by atoms with Gasteiger partial charge in [-0.2, -0.15) is 0 Å². The van der Waals surface area contributed by atoms with Gasteiger partial charge in [0.15, 0.2) is 0 Å². The molecule has 5 nitrogen and oxygen atoms in total. The predicted molar refractivity (Wildman–Crippen MR) is 72.9 cm³/mol. The van der Waals surface area contributed by atoms with Gasteiger partial charge in [0.1, 0.15) is 6.61 Å². The van der Waals surface area contributed by atoms with Crippen LogP contribution in [0.5, 0.6) is 0 Å². The lowest BCUT2D eigenvalue weighted by atomic mass is 9.89. The van der Waals surface area contributed by atoms with Crippen LogP contribution in [0, 0.1) is 0 Å². The van der Waals surface area contributed by atoms with Crippen LogP contribution in [-0.2, 0) is 18.8 Å². The molecule has 19 heavy (non-hydrogen) atoms. The Kier molecular flexibility index (Phi) is 5.58. The molecule has 0 amide bonds. The number of carboxylic acids is 1. The van der Waals surface area contributed by atoms with Crippen molar-refractivity contribution in [2.24, 2.45) is 0 Å². The molecule has 1 heterocycles. The molecule has 0 bridgehead atoms. The van der Waals surface area contributed by atoms with Crippen LogP contribution in [-0.4, -0.2) is 42.6 Å². The highest BCUT2D eigenvalue weighted by molar-refractivity contribution is 6.51. The molecule has 0 aromatic heterocycles. The van der Waals surface area contributed by atoms with Gasteiger partial charge in [0.05, 0.1) is 11.2 Å². The van der Waals surface area contributed by atoms with Crippen LogP contribution in [0.25, 0.3) is 0 Å². The van der Waals surface area contributed by atoms with Crippen molar-refractivity contribution in [3.05, 3.63) is 12.1 Å². The summed E-state index contributed by atoms with van der Waals surface area (Å²) in [5, 5.41) is 8.39. The quantitative estimate of drug-likeness (QED) is 0.566. The van der Waals surface area contributed by atoms with Gasteiger partial charge in [0.2, 0.25) is 0 Å². The largest absolute Gasteiger partial charge is 0.486 e. The van der Waals surface area contributed by atoms with E-state index < -0.39 is 5.97 Å². The standard InChI is InChI=1S/C13H23BO5/c1-12(2)13(3,4)19-14(18-12)8-6-5-7-9-17-10-11(15)16/h6,8H,5,7,9-10H2,1-4H3,(H,15,16)/b8-6+.